The third kappa shape index (κ3) is 2.87. The number of hydrogen-bond donors (Lipinski definition) is 3. The summed E-state index contributed by atoms with van der Waals surface area (Å²) in [6.07, 6.45) is 3.98. The first kappa shape index (κ1) is 13.0. The number of nitrogens with one attached hydrogen (secondary N) is 2. The van der Waals surface area contributed by atoms with Gasteiger partial charge in [0.25, 0.3) is 5.91 Å². The molecule has 0 saturated carbocycles. The summed E-state index contributed by atoms with van der Waals surface area (Å²) in [7, 11) is 0. The van der Waals surface area contributed by atoms with Crippen molar-refractivity contribution in [1.82, 2.24) is 25.5 Å². The Bertz CT molecular complexity index is 574. The lowest BCUT2D eigenvalue weighted by molar-refractivity contribution is 0.0946. The van der Waals surface area contributed by atoms with Gasteiger partial charge in [0.2, 0.25) is 0 Å². The zero-order chi connectivity index (χ0) is 13.8. The average Bonchev–Trinajstić information content (AvgIpc) is 2.79. The van der Waals surface area contributed by atoms with Gasteiger partial charge < -0.3 is 11.1 Å². The largest absolute Gasteiger partial charge is 0.395 e. The van der Waals surface area contributed by atoms with E-state index in [4.69, 9.17) is 5.73 Å². The lowest BCUT2D eigenvalue weighted by Gasteiger charge is -2.03. The number of H-pyrrole nitrogens is 1. The molecule has 0 fully saturated rings. The van der Waals surface area contributed by atoms with E-state index in [-0.39, 0.29) is 11.6 Å². The Balaban J connectivity index is 2.01. The summed E-state index contributed by atoms with van der Waals surface area (Å²) in [6, 6.07) is 0. The molecule has 0 bridgehead atoms. The van der Waals surface area contributed by atoms with Gasteiger partial charge in [-0.15, -0.1) is 0 Å². The lowest BCUT2D eigenvalue weighted by atomic mass is 10.2. The van der Waals surface area contributed by atoms with Gasteiger partial charge in [0.15, 0.2) is 5.69 Å². The molecule has 0 radical (unpaired) electrons. The van der Waals surface area contributed by atoms with E-state index < -0.39 is 0 Å². The van der Waals surface area contributed by atoms with Gasteiger partial charge >= 0.3 is 0 Å². The van der Waals surface area contributed by atoms with Crippen LogP contribution in [0.2, 0.25) is 0 Å². The Kier molecular flexibility index (Phi) is 3.74. The van der Waals surface area contributed by atoms with Gasteiger partial charge in [-0.05, 0) is 13.3 Å². The van der Waals surface area contributed by atoms with Gasteiger partial charge in [-0.2, -0.15) is 5.10 Å². The minimum Gasteiger partial charge on any atom is -0.395 e. The van der Waals surface area contributed by atoms with Crippen LogP contribution < -0.4 is 11.1 Å². The van der Waals surface area contributed by atoms with E-state index in [0.29, 0.717) is 24.3 Å². The highest BCUT2D eigenvalue weighted by molar-refractivity contribution is 5.97. The predicted molar refractivity (Wildman–Crippen MR) is 70.3 cm³/mol. The number of aryl methyl sites for hydroxylation is 2. The monoisotopic (exact) mass is 260 g/mol. The first-order chi connectivity index (χ1) is 9.11. The smallest absolute Gasteiger partial charge is 0.274 e. The number of carbonyl (C=O) groups is 1. The standard InChI is InChI=1S/C12H16N6O/c1-3-9-10(13)11(18-17-9)12(19)16-6-8-5-14-7(2)4-15-8/h4-5H,3,6,13H2,1-2H3,(H,16,19)(H,17,18). The Hall–Kier alpha value is -2.44. The van der Waals surface area contributed by atoms with Gasteiger partial charge in [0.1, 0.15) is 0 Å². The SMILES string of the molecule is CCc1[nH]nc(C(=O)NCc2cnc(C)cn2)c1N. The minimum absolute atomic E-state index is 0.219. The maximum absolute atomic E-state index is 11.9. The second-order valence-corrected chi connectivity index (χ2v) is 4.15. The van der Waals surface area contributed by atoms with Crippen molar-refractivity contribution in [3.63, 3.8) is 0 Å². The molecular weight excluding hydrogens is 244 g/mol. The van der Waals surface area contributed by atoms with E-state index in [1.54, 1.807) is 12.4 Å². The topological polar surface area (TPSA) is 110 Å². The average molecular weight is 260 g/mol. The minimum atomic E-state index is -0.323. The normalized spacial score (nSPS) is 10.4. The van der Waals surface area contributed by atoms with Crippen LogP contribution in [0.15, 0.2) is 12.4 Å². The Labute approximate surface area is 110 Å². The van der Waals surface area contributed by atoms with Gasteiger partial charge in [-0.1, -0.05) is 6.92 Å². The van der Waals surface area contributed by atoms with Crippen molar-refractivity contribution in [3.8, 4) is 0 Å². The van der Waals surface area contributed by atoms with Gasteiger partial charge in [0, 0.05) is 6.20 Å². The zero-order valence-electron chi connectivity index (χ0n) is 10.9. The molecule has 1 amide bonds. The summed E-state index contributed by atoms with van der Waals surface area (Å²) >= 11 is 0. The molecule has 0 aromatic carbocycles. The number of anilines is 1. The third-order valence-electron chi connectivity index (χ3n) is 2.72. The van der Waals surface area contributed by atoms with Crippen molar-refractivity contribution in [2.75, 3.05) is 5.73 Å². The highest BCUT2D eigenvalue weighted by atomic mass is 16.1. The number of hydrogen-bond acceptors (Lipinski definition) is 5. The van der Waals surface area contributed by atoms with Crippen LogP contribution in [-0.4, -0.2) is 26.1 Å². The molecule has 100 valence electrons. The van der Waals surface area contributed by atoms with Gasteiger partial charge in [0.05, 0.1) is 35.5 Å². The molecule has 0 spiro atoms. The second-order valence-electron chi connectivity index (χ2n) is 4.15. The van der Waals surface area contributed by atoms with Crippen LogP contribution in [0.5, 0.6) is 0 Å². The Morgan fingerprint density at radius 3 is 2.79 bits per heavy atom. The van der Waals surface area contributed by atoms with Crippen LogP contribution in [-0.2, 0) is 13.0 Å². The van der Waals surface area contributed by atoms with Gasteiger partial charge in [-0.3, -0.25) is 19.9 Å². The summed E-state index contributed by atoms with van der Waals surface area (Å²) in [6.45, 7) is 4.08. The van der Waals surface area contributed by atoms with E-state index >= 15 is 0 Å². The highest BCUT2D eigenvalue weighted by Crippen LogP contribution is 2.14. The van der Waals surface area contributed by atoms with Crippen LogP contribution in [0.3, 0.4) is 0 Å². The summed E-state index contributed by atoms with van der Waals surface area (Å²) in [5.74, 6) is -0.323. The number of aromatic nitrogens is 4. The number of nitrogens with zero attached hydrogens (tertiary/aromatic N) is 3. The fourth-order valence-corrected chi connectivity index (χ4v) is 1.59. The summed E-state index contributed by atoms with van der Waals surface area (Å²) in [5.41, 5.74) is 8.72. The summed E-state index contributed by atoms with van der Waals surface area (Å²) in [5, 5.41) is 9.37. The van der Waals surface area contributed by atoms with E-state index in [0.717, 1.165) is 11.4 Å². The molecule has 0 aliphatic carbocycles. The maximum atomic E-state index is 11.9. The Morgan fingerprint density at radius 1 is 1.42 bits per heavy atom. The molecule has 0 aliphatic rings. The van der Waals surface area contributed by atoms with Crippen LogP contribution in [0.1, 0.15) is 34.5 Å². The molecule has 7 heteroatoms. The van der Waals surface area contributed by atoms with E-state index in [1.165, 1.54) is 0 Å². The quantitative estimate of drug-likeness (QED) is 0.745. The van der Waals surface area contributed by atoms with Crippen molar-refractivity contribution < 1.29 is 4.79 Å². The highest BCUT2D eigenvalue weighted by Gasteiger charge is 2.16. The van der Waals surface area contributed by atoms with Crippen molar-refractivity contribution >= 4 is 11.6 Å². The third-order valence-corrected chi connectivity index (χ3v) is 2.72. The molecule has 0 atom stereocenters. The number of amides is 1. The molecule has 7 nitrogen and oxygen atoms in total. The molecule has 2 aromatic heterocycles. The molecule has 0 saturated heterocycles. The number of rotatable bonds is 4. The maximum Gasteiger partial charge on any atom is 0.274 e. The number of carbonyl (C=O) groups excluding carboxylic acids is 1. The van der Waals surface area contributed by atoms with Crippen molar-refractivity contribution in [2.45, 2.75) is 26.8 Å². The Morgan fingerprint density at radius 2 is 2.21 bits per heavy atom. The van der Waals surface area contributed by atoms with Crippen molar-refractivity contribution in [1.29, 1.82) is 0 Å². The van der Waals surface area contributed by atoms with E-state index in [1.807, 2.05) is 13.8 Å². The number of aromatic amines is 1. The lowest BCUT2D eigenvalue weighted by Crippen LogP contribution is -2.24. The van der Waals surface area contributed by atoms with Crippen LogP contribution >= 0.6 is 0 Å². The van der Waals surface area contributed by atoms with E-state index in [9.17, 15) is 4.79 Å². The van der Waals surface area contributed by atoms with Gasteiger partial charge in [-0.25, -0.2) is 0 Å². The molecule has 0 unspecified atom stereocenters. The van der Waals surface area contributed by atoms with Crippen molar-refractivity contribution in [3.05, 3.63) is 35.2 Å². The number of nitrogens with two attached hydrogens (primary N) is 1. The molecule has 2 heterocycles. The molecule has 2 aromatic rings. The molecular formula is C12H16N6O. The van der Waals surface area contributed by atoms with Crippen molar-refractivity contribution in [2.24, 2.45) is 0 Å². The fraction of sp³-hybridized carbons (Fsp3) is 0.333. The predicted octanol–water partition coefficient (Wildman–Crippen LogP) is 0.583. The van der Waals surface area contributed by atoms with Crippen LogP contribution in [0.25, 0.3) is 0 Å². The molecule has 0 aliphatic heterocycles. The zero-order valence-corrected chi connectivity index (χ0v) is 10.9. The van der Waals surface area contributed by atoms with Crippen LogP contribution in [0.4, 0.5) is 5.69 Å². The summed E-state index contributed by atoms with van der Waals surface area (Å²) < 4.78 is 0. The van der Waals surface area contributed by atoms with Crippen LogP contribution in [0, 0.1) is 6.92 Å². The first-order valence-electron chi connectivity index (χ1n) is 6.00. The fourth-order valence-electron chi connectivity index (χ4n) is 1.59. The van der Waals surface area contributed by atoms with E-state index in [2.05, 4.69) is 25.5 Å². The molecule has 4 N–H and O–H groups in total. The second kappa shape index (κ2) is 5.47. The summed E-state index contributed by atoms with van der Waals surface area (Å²) in [4.78, 5) is 20.2. The first-order valence-corrected chi connectivity index (χ1v) is 6.00. The molecule has 2 rings (SSSR count). The number of nitrogen functional groups attached to an aromatic ring is 1. The molecule has 19 heavy (non-hydrogen) atoms.